The Balaban J connectivity index is 0.000000324. The molecule has 1 aliphatic heterocycles. The number of nitrogens with one attached hydrogen (secondary N) is 1. The van der Waals surface area contributed by atoms with Crippen molar-refractivity contribution in [3.8, 4) is 11.3 Å². The van der Waals surface area contributed by atoms with Crippen LogP contribution in [0.4, 0.5) is 26.3 Å². The molecule has 33 heavy (non-hydrogen) atoms. The molecular formula is C17H15ClF6N4O5. The van der Waals surface area contributed by atoms with E-state index in [2.05, 4.69) is 14.9 Å². The monoisotopic (exact) mass is 504 g/mol. The van der Waals surface area contributed by atoms with Crippen LogP contribution in [0.15, 0.2) is 24.5 Å². The lowest BCUT2D eigenvalue weighted by Crippen LogP contribution is -2.30. The molecule has 0 bridgehead atoms. The molecule has 5 N–H and O–H groups in total. The number of halogens is 7. The van der Waals surface area contributed by atoms with E-state index < -0.39 is 30.2 Å². The molecule has 0 unspecified atom stereocenters. The Morgan fingerprint density at radius 3 is 2.00 bits per heavy atom. The SMILES string of the molecule is NC(=O)c1c(Cl)c(-c2cccnc2)n2c1CNCC2.O=C(O)C(F)(F)F.O=C(O)C(F)(F)F. The molecule has 1 aliphatic rings. The molecule has 2 aromatic heterocycles. The van der Waals surface area contributed by atoms with Crippen LogP contribution in [0.2, 0.25) is 5.02 Å². The van der Waals surface area contributed by atoms with E-state index in [0.29, 0.717) is 17.1 Å². The summed E-state index contributed by atoms with van der Waals surface area (Å²) in [4.78, 5) is 33.5. The summed E-state index contributed by atoms with van der Waals surface area (Å²) >= 11 is 6.37. The second-order valence-corrected chi connectivity index (χ2v) is 6.40. The Bertz CT molecular complexity index is 984. The van der Waals surface area contributed by atoms with Gasteiger partial charge in [0.2, 0.25) is 0 Å². The molecule has 0 fully saturated rings. The van der Waals surface area contributed by atoms with Crippen molar-refractivity contribution in [2.75, 3.05) is 6.54 Å². The first-order chi connectivity index (χ1) is 15.1. The zero-order valence-electron chi connectivity index (χ0n) is 16.2. The number of aromatic nitrogens is 2. The van der Waals surface area contributed by atoms with Crippen LogP contribution in [-0.4, -0.2) is 56.5 Å². The van der Waals surface area contributed by atoms with Gasteiger partial charge in [-0.15, -0.1) is 0 Å². The number of carbonyl (C=O) groups excluding carboxylic acids is 1. The van der Waals surface area contributed by atoms with Gasteiger partial charge < -0.3 is 25.8 Å². The fraction of sp³-hybridized carbons (Fsp3) is 0.294. The fourth-order valence-electron chi connectivity index (χ4n) is 2.50. The average Bonchev–Trinajstić information content (AvgIpc) is 3.00. The summed E-state index contributed by atoms with van der Waals surface area (Å²) in [5.41, 5.74) is 8.42. The molecule has 0 saturated heterocycles. The summed E-state index contributed by atoms with van der Waals surface area (Å²) in [5.74, 6) is -6.01. The Morgan fingerprint density at radius 2 is 1.61 bits per heavy atom. The zero-order valence-corrected chi connectivity index (χ0v) is 16.9. The smallest absolute Gasteiger partial charge is 0.475 e. The van der Waals surface area contributed by atoms with Crippen LogP contribution in [0.5, 0.6) is 0 Å². The summed E-state index contributed by atoms with van der Waals surface area (Å²) in [6.45, 7) is 2.19. The third kappa shape index (κ3) is 7.64. The van der Waals surface area contributed by atoms with Crippen LogP contribution in [-0.2, 0) is 22.7 Å². The van der Waals surface area contributed by atoms with Gasteiger partial charge in [0, 0.05) is 43.3 Å². The van der Waals surface area contributed by atoms with Crippen LogP contribution in [0.1, 0.15) is 16.1 Å². The minimum Gasteiger partial charge on any atom is -0.475 e. The first kappa shape index (κ1) is 27.7. The maximum atomic E-state index is 11.6. The van der Waals surface area contributed by atoms with Gasteiger partial charge in [0.05, 0.1) is 16.3 Å². The largest absolute Gasteiger partial charge is 0.490 e. The number of amides is 1. The molecule has 3 rings (SSSR count). The summed E-state index contributed by atoms with van der Waals surface area (Å²) in [7, 11) is 0. The van der Waals surface area contributed by atoms with Gasteiger partial charge in [-0.05, 0) is 12.1 Å². The number of nitrogens with zero attached hydrogens (tertiary/aromatic N) is 2. The van der Waals surface area contributed by atoms with Crippen molar-refractivity contribution in [2.24, 2.45) is 5.73 Å². The summed E-state index contributed by atoms with van der Waals surface area (Å²) in [5, 5.41) is 17.9. The van der Waals surface area contributed by atoms with E-state index in [-0.39, 0.29) is 0 Å². The quantitative estimate of drug-likeness (QED) is 0.460. The predicted octanol–water partition coefficient (Wildman–Crippen LogP) is 2.67. The van der Waals surface area contributed by atoms with E-state index in [1.807, 2.05) is 12.1 Å². The van der Waals surface area contributed by atoms with Gasteiger partial charge in [-0.1, -0.05) is 11.6 Å². The van der Waals surface area contributed by atoms with Crippen LogP contribution in [0, 0.1) is 0 Å². The number of hydrogen-bond donors (Lipinski definition) is 4. The van der Waals surface area contributed by atoms with Crippen molar-refractivity contribution >= 4 is 29.4 Å². The van der Waals surface area contributed by atoms with Crippen molar-refractivity contribution < 1.29 is 50.9 Å². The third-order valence-electron chi connectivity index (χ3n) is 3.78. The number of carboxylic acid groups (broad SMARTS) is 2. The molecule has 16 heteroatoms. The highest BCUT2D eigenvalue weighted by Gasteiger charge is 2.38. The molecule has 1 amide bonds. The van der Waals surface area contributed by atoms with Crippen molar-refractivity contribution in [3.63, 3.8) is 0 Å². The number of carboxylic acids is 2. The topological polar surface area (TPSA) is 148 Å². The minimum atomic E-state index is -5.08. The van der Waals surface area contributed by atoms with Crippen LogP contribution < -0.4 is 11.1 Å². The molecular weight excluding hydrogens is 490 g/mol. The number of aliphatic carboxylic acids is 2. The molecule has 2 aromatic rings. The highest BCUT2D eigenvalue weighted by Crippen LogP contribution is 2.36. The highest BCUT2D eigenvalue weighted by molar-refractivity contribution is 6.36. The standard InChI is InChI=1S/C13H13ClN4O.2C2HF3O2/c14-11-10(13(15)19)9-7-17-4-5-18(9)12(11)8-2-1-3-16-6-8;2*3-2(4,5)1(6)7/h1-3,6,17H,4-5,7H2,(H2,15,19);2*(H,6,7). The van der Waals surface area contributed by atoms with Gasteiger partial charge in [-0.2, -0.15) is 26.3 Å². The Morgan fingerprint density at radius 1 is 1.09 bits per heavy atom. The second kappa shape index (κ2) is 11.0. The summed E-state index contributed by atoms with van der Waals surface area (Å²) < 4.78 is 65.5. The molecule has 0 radical (unpaired) electrons. The Labute approximate surface area is 185 Å². The molecule has 0 atom stereocenters. The maximum Gasteiger partial charge on any atom is 0.490 e. The van der Waals surface area contributed by atoms with Gasteiger partial charge in [0.15, 0.2) is 0 Å². The van der Waals surface area contributed by atoms with Gasteiger partial charge in [0.25, 0.3) is 5.91 Å². The molecule has 0 aliphatic carbocycles. The number of nitrogens with two attached hydrogens (primary N) is 1. The maximum absolute atomic E-state index is 11.6. The number of pyridine rings is 1. The second-order valence-electron chi connectivity index (χ2n) is 6.02. The molecule has 9 nitrogen and oxygen atoms in total. The van der Waals surface area contributed by atoms with Crippen LogP contribution >= 0.6 is 11.6 Å². The molecule has 3 heterocycles. The normalized spacial score (nSPS) is 12.9. The summed E-state index contributed by atoms with van der Waals surface area (Å²) in [6.07, 6.45) is -6.73. The van der Waals surface area contributed by atoms with E-state index in [0.717, 1.165) is 30.0 Å². The number of hydrogen-bond acceptors (Lipinski definition) is 5. The zero-order chi connectivity index (χ0) is 25.6. The fourth-order valence-corrected chi connectivity index (χ4v) is 2.91. The Hall–Kier alpha value is -3.33. The van der Waals surface area contributed by atoms with E-state index in [4.69, 9.17) is 37.1 Å². The summed E-state index contributed by atoms with van der Waals surface area (Å²) in [6, 6.07) is 3.77. The van der Waals surface area contributed by atoms with Gasteiger partial charge in [-0.25, -0.2) is 9.59 Å². The van der Waals surface area contributed by atoms with Crippen LogP contribution in [0.3, 0.4) is 0 Å². The number of alkyl halides is 6. The van der Waals surface area contributed by atoms with E-state index in [9.17, 15) is 31.1 Å². The lowest BCUT2D eigenvalue weighted by molar-refractivity contribution is -0.193. The van der Waals surface area contributed by atoms with Gasteiger partial charge in [-0.3, -0.25) is 9.78 Å². The van der Waals surface area contributed by atoms with Crippen molar-refractivity contribution in [1.82, 2.24) is 14.9 Å². The minimum absolute atomic E-state index is 0.410. The third-order valence-corrected chi connectivity index (χ3v) is 4.15. The predicted molar refractivity (Wildman–Crippen MR) is 100 cm³/mol. The van der Waals surface area contributed by atoms with Crippen molar-refractivity contribution in [2.45, 2.75) is 25.4 Å². The molecule has 182 valence electrons. The van der Waals surface area contributed by atoms with E-state index in [1.165, 1.54) is 0 Å². The lowest BCUT2D eigenvalue weighted by Gasteiger charge is -2.19. The highest BCUT2D eigenvalue weighted by atomic mass is 35.5. The molecule has 0 saturated carbocycles. The van der Waals surface area contributed by atoms with Crippen LogP contribution in [0.25, 0.3) is 11.3 Å². The van der Waals surface area contributed by atoms with E-state index >= 15 is 0 Å². The van der Waals surface area contributed by atoms with Crippen molar-refractivity contribution in [3.05, 3.63) is 40.8 Å². The van der Waals surface area contributed by atoms with Gasteiger partial charge >= 0.3 is 24.3 Å². The molecule has 0 spiro atoms. The number of fused-ring (bicyclic) bond motifs is 1. The first-order valence-corrected chi connectivity index (χ1v) is 8.88. The average molecular weight is 505 g/mol. The number of rotatable bonds is 2. The van der Waals surface area contributed by atoms with E-state index in [1.54, 1.807) is 12.4 Å². The van der Waals surface area contributed by atoms with Gasteiger partial charge in [0.1, 0.15) is 0 Å². The Kier molecular flexibility index (Phi) is 9.24. The molecule has 0 aromatic carbocycles. The lowest BCUT2D eigenvalue weighted by atomic mass is 10.1. The number of primary amides is 1. The first-order valence-electron chi connectivity index (χ1n) is 8.51. The van der Waals surface area contributed by atoms with Crippen molar-refractivity contribution in [1.29, 1.82) is 0 Å². The number of carbonyl (C=O) groups is 3.